The second-order valence-electron chi connectivity index (χ2n) is 4.56. The topological polar surface area (TPSA) is 52.6 Å². The minimum Gasteiger partial charge on any atom is -0.493 e. The molecule has 0 aromatic heterocycles. The molecule has 0 bridgehead atoms. The highest BCUT2D eigenvalue weighted by Gasteiger charge is 2.29. The zero-order valence-corrected chi connectivity index (χ0v) is 11.6. The number of methoxy groups -OCH3 is 2. The molecule has 1 aliphatic carbocycles. The first-order valence-electron chi connectivity index (χ1n) is 6.00. The fraction of sp³-hybridized carbons (Fsp3) is 0.429. The second-order valence-corrected chi connectivity index (χ2v) is 4.94. The van der Waals surface area contributed by atoms with Crippen molar-refractivity contribution in [3.63, 3.8) is 0 Å². The minimum absolute atomic E-state index is 0.0351. The molecule has 102 valence electrons. The van der Waals surface area contributed by atoms with E-state index < -0.39 is 0 Å². The van der Waals surface area contributed by atoms with Crippen molar-refractivity contribution in [1.82, 2.24) is 0 Å². The number of ketones is 2. The molecule has 1 saturated carbocycles. The third-order valence-electron chi connectivity index (χ3n) is 3.30. The van der Waals surface area contributed by atoms with Gasteiger partial charge in [-0.05, 0) is 17.5 Å². The monoisotopic (exact) mass is 282 g/mol. The molecular formula is C14H15ClO4. The van der Waals surface area contributed by atoms with Crippen molar-refractivity contribution >= 4 is 23.2 Å². The quantitative estimate of drug-likeness (QED) is 0.800. The van der Waals surface area contributed by atoms with E-state index in [1.165, 1.54) is 14.2 Å². The molecular weight excluding hydrogens is 268 g/mol. The van der Waals surface area contributed by atoms with Crippen LogP contribution in [0.15, 0.2) is 12.1 Å². The molecule has 0 atom stereocenters. The fourth-order valence-corrected chi connectivity index (χ4v) is 2.81. The van der Waals surface area contributed by atoms with E-state index in [0.717, 1.165) is 5.56 Å². The van der Waals surface area contributed by atoms with Crippen LogP contribution in [0.25, 0.3) is 0 Å². The van der Waals surface area contributed by atoms with Crippen molar-refractivity contribution in [3.8, 4) is 11.5 Å². The minimum atomic E-state index is -0.166. The van der Waals surface area contributed by atoms with Crippen LogP contribution < -0.4 is 9.47 Å². The Morgan fingerprint density at radius 1 is 1.11 bits per heavy atom. The highest BCUT2D eigenvalue weighted by molar-refractivity contribution is 6.33. The lowest BCUT2D eigenvalue weighted by Gasteiger charge is -2.22. The Morgan fingerprint density at radius 2 is 1.74 bits per heavy atom. The summed E-state index contributed by atoms with van der Waals surface area (Å²) in [5.41, 5.74) is 0.765. The van der Waals surface area contributed by atoms with E-state index in [1.807, 2.05) is 0 Å². The fourth-order valence-electron chi connectivity index (χ4n) is 2.43. The lowest BCUT2D eigenvalue weighted by molar-refractivity contribution is -0.130. The summed E-state index contributed by atoms with van der Waals surface area (Å²) in [6.45, 7) is 0. The molecule has 2 rings (SSSR count). The predicted molar refractivity (Wildman–Crippen MR) is 71.2 cm³/mol. The summed E-state index contributed by atoms with van der Waals surface area (Å²) in [7, 11) is 3.03. The van der Waals surface area contributed by atoms with Gasteiger partial charge in [0.15, 0.2) is 11.5 Å². The first kappa shape index (κ1) is 13.9. The summed E-state index contributed by atoms with van der Waals surface area (Å²) in [5.74, 6) is 0.733. The van der Waals surface area contributed by atoms with Gasteiger partial charge in [0.1, 0.15) is 11.6 Å². The largest absolute Gasteiger partial charge is 0.493 e. The first-order valence-corrected chi connectivity index (χ1v) is 6.38. The number of ether oxygens (including phenoxy) is 2. The number of halogens is 1. The number of carbonyl (C=O) groups is 2. The molecule has 5 heteroatoms. The van der Waals surface area contributed by atoms with E-state index in [4.69, 9.17) is 21.1 Å². The highest BCUT2D eigenvalue weighted by atomic mass is 35.5. The van der Waals surface area contributed by atoms with Crippen LogP contribution in [0.4, 0.5) is 0 Å². The van der Waals surface area contributed by atoms with Crippen LogP contribution in [0, 0.1) is 0 Å². The van der Waals surface area contributed by atoms with E-state index in [9.17, 15) is 9.59 Å². The number of rotatable bonds is 3. The Kier molecular flexibility index (Phi) is 4.10. The van der Waals surface area contributed by atoms with Gasteiger partial charge in [0, 0.05) is 12.8 Å². The Balaban J connectivity index is 2.40. The van der Waals surface area contributed by atoms with E-state index in [0.29, 0.717) is 29.4 Å². The molecule has 0 saturated heterocycles. The first-order chi connectivity index (χ1) is 9.06. The van der Waals surface area contributed by atoms with Gasteiger partial charge in [-0.25, -0.2) is 0 Å². The lowest BCUT2D eigenvalue weighted by atomic mass is 9.82. The third-order valence-corrected chi connectivity index (χ3v) is 3.69. The van der Waals surface area contributed by atoms with Crippen molar-refractivity contribution in [2.75, 3.05) is 14.2 Å². The van der Waals surface area contributed by atoms with Crippen LogP contribution in [0.2, 0.25) is 5.02 Å². The molecule has 0 radical (unpaired) electrons. The predicted octanol–water partition coefficient (Wildman–Crippen LogP) is 2.76. The molecule has 0 heterocycles. The normalized spacial score (nSPS) is 16.6. The molecule has 0 unspecified atom stereocenters. The van der Waals surface area contributed by atoms with E-state index >= 15 is 0 Å². The van der Waals surface area contributed by atoms with Crippen molar-refractivity contribution in [2.45, 2.75) is 25.2 Å². The Labute approximate surface area is 116 Å². The second kappa shape index (κ2) is 5.61. The number of Topliss-reactive ketones (excluding diaryl/α,β-unsaturated/α-hetero) is 2. The van der Waals surface area contributed by atoms with Gasteiger partial charge >= 0.3 is 0 Å². The van der Waals surface area contributed by atoms with Crippen LogP contribution in [-0.2, 0) is 9.59 Å². The average molecular weight is 283 g/mol. The summed E-state index contributed by atoms with van der Waals surface area (Å²) in [5, 5.41) is 0.411. The van der Waals surface area contributed by atoms with Crippen LogP contribution >= 0.6 is 11.6 Å². The van der Waals surface area contributed by atoms with Gasteiger partial charge in [0.25, 0.3) is 0 Å². The maximum atomic E-state index is 11.5. The molecule has 0 spiro atoms. The molecule has 1 fully saturated rings. The van der Waals surface area contributed by atoms with Gasteiger partial charge in [-0.3, -0.25) is 9.59 Å². The maximum absolute atomic E-state index is 11.5. The van der Waals surface area contributed by atoms with Gasteiger partial charge in [-0.15, -0.1) is 0 Å². The van der Waals surface area contributed by atoms with Crippen molar-refractivity contribution < 1.29 is 19.1 Å². The van der Waals surface area contributed by atoms with Crippen molar-refractivity contribution in [1.29, 1.82) is 0 Å². The Hall–Kier alpha value is -1.55. The summed E-state index contributed by atoms with van der Waals surface area (Å²) in [4.78, 5) is 23.1. The van der Waals surface area contributed by atoms with Crippen LogP contribution in [-0.4, -0.2) is 25.8 Å². The summed E-state index contributed by atoms with van der Waals surface area (Å²) in [6, 6.07) is 3.53. The van der Waals surface area contributed by atoms with Crippen LogP contribution in [0.3, 0.4) is 0 Å². The molecule has 0 amide bonds. The third kappa shape index (κ3) is 2.73. The van der Waals surface area contributed by atoms with Crippen molar-refractivity contribution in [3.05, 3.63) is 22.7 Å². The van der Waals surface area contributed by atoms with Crippen LogP contribution in [0.1, 0.15) is 30.7 Å². The van der Waals surface area contributed by atoms with E-state index in [2.05, 4.69) is 0 Å². The van der Waals surface area contributed by atoms with E-state index in [1.54, 1.807) is 12.1 Å². The SMILES string of the molecule is COc1ccc(C2CC(=O)CC(=O)C2)c(Cl)c1OC. The zero-order valence-electron chi connectivity index (χ0n) is 10.9. The van der Waals surface area contributed by atoms with E-state index in [-0.39, 0.29) is 23.9 Å². The molecule has 0 N–H and O–H groups in total. The Morgan fingerprint density at radius 3 is 2.26 bits per heavy atom. The average Bonchev–Trinajstić information content (AvgIpc) is 2.36. The van der Waals surface area contributed by atoms with Gasteiger partial charge in [0.05, 0.1) is 25.7 Å². The molecule has 0 aliphatic heterocycles. The molecule has 1 aromatic rings. The van der Waals surface area contributed by atoms with Crippen molar-refractivity contribution in [2.24, 2.45) is 0 Å². The number of benzene rings is 1. The molecule has 1 aliphatic rings. The summed E-state index contributed by atoms with van der Waals surface area (Å²) < 4.78 is 10.4. The van der Waals surface area contributed by atoms with Gasteiger partial charge < -0.3 is 9.47 Å². The zero-order chi connectivity index (χ0) is 14.0. The standard InChI is InChI=1S/C14H15ClO4/c1-18-12-4-3-11(13(15)14(12)19-2)8-5-9(16)7-10(17)6-8/h3-4,8H,5-7H2,1-2H3. The lowest BCUT2D eigenvalue weighted by Crippen LogP contribution is -2.21. The van der Waals surface area contributed by atoms with Gasteiger partial charge in [-0.1, -0.05) is 17.7 Å². The highest BCUT2D eigenvalue weighted by Crippen LogP contribution is 2.42. The Bertz CT molecular complexity index is 508. The number of carbonyl (C=O) groups excluding carboxylic acids is 2. The smallest absolute Gasteiger partial charge is 0.179 e. The van der Waals surface area contributed by atoms with Crippen LogP contribution in [0.5, 0.6) is 11.5 Å². The number of hydrogen-bond acceptors (Lipinski definition) is 4. The summed E-state index contributed by atoms with van der Waals surface area (Å²) >= 11 is 6.29. The van der Waals surface area contributed by atoms with Gasteiger partial charge in [-0.2, -0.15) is 0 Å². The number of hydrogen-bond donors (Lipinski definition) is 0. The van der Waals surface area contributed by atoms with Gasteiger partial charge in [0.2, 0.25) is 0 Å². The molecule has 1 aromatic carbocycles. The maximum Gasteiger partial charge on any atom is 0.179 e. The summed E-state index contributed by atoms with van der Waals surface area (Å²) in [6.07, 6.45) is 0.739. The molecule has 19 heavy (non-hydrogen) atoms. The molecule has 4 nitrogen and oxygen atoms in total.